The zero-order chi connectivity index (χ0) is 7.11. The van der Waals surface area contributed by atoms with E-state index in [1.54, 1.807) is 6.07 Å². The maximum absolute atomic E-state index is 10.4. The third-order valence-corrected chi connectivity index (χ3v) is 0.627. The molecule has 0 radical (unpaired) electrons. The molecular formula is C6H6N2O. The third kappa shape index (κ3) is 4.37. The molecule has 0 aliphatic rings. The Morgan fingerprint density at radius 1 is 1.78 bits per heavy atom. The standard InChI is InChI=1S/C6H6N2O/c1-2-5-8-6(9)3-4-7/h1H,3,5H2,(H,8,9). The number of carbonyl (C=O) groups is 1. The van der Waals surface area contributed by atoms with Gasteiger partial charge in [-0.1, -0.05) is 5.92 Å². The Labute approximate surface area is 53.7 Å². The zero-order valence-corrected chi connectivity index (χ0v) is 4.85. The van der Waals surface area contributed by atoms with Crippen LogP contribution in [0.4, 0.5) is 0 Å². The van der Waals surface area contributed by atoms with Crippen LogP contribution in [0.25, 0.3) is 0 Å². The first-order valence-corrected chi connectivity index (χ1v) is 2.38. The smallest absolute Gasteiger partial charge is 0.234 e. The van der Waals surface area contributed by atoms with E-state index in [9.17, 15) is 4.79 Å². The monoisotopic (exact) mass is 122 g/mol. The average Bonchev–Trinajstić information content (AvgIpc) is 1.85. The van der Waals surface area contributed by atoms with Crippen molar-refractivity contribution >= 4 is 5.91 Å². The Bertz CT molecular complexity index is 172. The van der Waals surface area contributed by atoms with Crippen molar-refractivity contribution in [2.75, 3.05) is 6.54 Å². The van der Waals surface area contributed by atoms with E-state index in [1.807, 2.05) is 0 Å². The summed E-state index contributed by atoms with van der Waals surface area (Å²) in [6, 6.07) is 1.70. The molecule has 0 unspecified atom stereocenters. The van der Waals surface area contributed by atoms with Gasteiger partial charge in [0.25, 0.3) is 0 Å². The number of nitrogens with one attached hydrogen (secondary N) is 1. The molecule has 0 aromatic carbocycles. The van der Waals surface area contributed by atoms with Crippen LogP contribution in [0, 0.1) is 23.7 Å². The van der Waals surface area contributed by atoms with Gasteiger partial charge in [-0.3, -0.25) is 4.79 Å². The second-order valence-electron chi connectivity index (χ2n) is 1.32. The van der Waals surface area contributed by atoms with E-state index in [-0.39, 0.29) is 18.9 Å². The van der Waals surface area contributed by atoms with Gasteiger partial charge in [-0.05, 0) is 0 Å². The molecule has 1 amide bonds. The molecule has 0 saturated carbocycles. The second kappa shape index (κ2) is 4.67. The Morgan fingerprint density at radius 3 is 2.89 bits per heavy atom. The highest BCUT2D eigenvalue weighted by atomic mass is 16.1. The predicted molar refractivity (Wildman–Crippen MR) is 32.1 cm³/mol. The molecule has 0 aliphatic carbocycles. The maximum atomic E-state index is 10.4. The largest absolute Gasteiger partial charge is 0.344 e. The van der Waals surface area contributed by atoms with Crippen LogP contribution in [-0.4, -0.2) is 12.5 Å². The topological polar surface area (TPSA) is 52.9 Å². The Hall–Kier alpha value is -1.48. The predicted octanol–water partition coefficient (Wildman–Crippen LogP) is -0.351. The molecule has 0 aliphatic heterocycles. The lowest BCUT2D eigenvalue weighted by atomic mass is 10.4. The van der Waals surface area contributed by atoms with Crippen molar-refractivity contribution in [1.29, 1.82) is 5.26 Å². The molecule has 0 atom stereocenters. The molecule has 0 bridgehead atoms. The van der Waals surface area contributed by atoms with Gasteiger partial charge in [0.05, 0.1) is 12.6 Å². The molecular weight excluding hydrogens is 116 g/mol. The molecule has 3 heteroatoms. The molecule has 0 saturated heterocycles. The van der Waals surface area contributed by atoms with E-state index in [4.69, 9.17) is 11.7 Å². The summed E-state index contributed by atoms with van der Waals surface area (Å²) >= 11 is 0. The van der Waals surface area contributed by atoms with Gasteiger partial charge in [0.2, 0.25) is 5.91 Å². The van der Waals surface area contributed by atoms with Crippen LogP contribution in [-0.2, 0) is 4.79 Å². The molecule has 0 fully saturated rings. The normalized spacial score (nSPS) is 6.89. The third-order valence-electron chi connectivity index (χ3n) is 0.627. The van der Waals surface area contributed by atoms with E-state index in [0.29, 0.717) is 0 Å². The maximum Gasteiger partial charge on any atom is 0.234 e. The number of nitriles is 1. The van der Waals surface area contributed by atoms with Gasteiger partial charge in [0, 0.05) is 0 Å². The first-order valence-electron chi connectivity index (χ1n) is 2.38. The molecule has 3 nitrogen and oxygen atoms in total. The molecule has 0 aromatic heterocycles. The second-order valence-corrected chi connectivity index (χ2v) is 1.32. The summed E-state index contributed by atoms with van der Waals surface area (Å²) < 4.78 is 0. The highest BCUT2D eigenvalue weighted by Crippen LogP contribution is 1.71. The molecule has 9 heavy (non-hydrogen) atoms. The van der Waals surface area contributed by atoms with E-state index < -0.39 is 0 Å². The molecule has 0 heterocycles. The van der Waals surface area contributed by atoms with E-state index >= 15 is 0 Å². The van der Waals surface area contributed by atoms with Crippen LogP contribution in [0.3, 0.4) is 0 Å². The van der Waals surface area contributed by atoms with E-state index in [1.165, 1.54) is 0 Å². The van der Waals surface area contributed by atoms with Crippen LogP contribution in [0.5, 0.6) is 0 Å². The fraction of sp³-hybridized carbons (Fsp3) is 0.333. The lowest BCUT2D eigenvalue weighted by molar-refractivity contribution is -0.119. The lowest BCUT2D eigenvalue weighted by Crippen LogP contribution is -2.22. The van der Waals surface area contributed by atoms with Crippen LogP contribution in [0.1, 0.15) is 6.42 Å². The number of rotatable bonds is 2. The van der Waals surface area contributed by atoms with Crippen molar-refractivity contribution in [3.63, 3.8) is 0 Å². The summed E-state index contributed by atoms with van der Waals surface area (Å²) in [5, 5.41) is 10.3. The van der Waals surface area contributed by atoms with Crippen LogP contribution in [0.15, 0.2) is 0 Å². The minimum Gasteiger partial charge on any atom is -0.344 e. The minimum absolute atomic E-state index is 0.123. The van der Waals surface area contributed by atoms with Gasteiger partial charge in [0.15, 0.2) is 0 Å². The van der Waals surface area contributed by atoms with Crippen molar-refractivity contribution in [3.8, 4) is 18.4 Å². The summed E-state index contributed by atoms with van der Waals surface area (Å²) in [5.74, 6) is 1.89. The Balaban J connectivity index is 3.33. The van der Waals surface area contributed by atoms with Crippen LogP contribution < -0.4 is 5.32 Å². The first kappa shape index (κ1) is 7.52. The first-order chi connectivity index (χ1) is 4.31. The molecule has 0 rings (SSSR count). The SMILES string of the molecule is C#CCNC(=O)CC#N. The number of hydrogen-bond acceptors (Lipinski definition) is 2. The highest BCUT2D eigenvalue weighted by molar-refractivity contribution is 5.78. The fourth-order valence-electron chi connectivity index (χ4n) is 0.284. The van der Waals surface area contributed by atoms with Crippen molar-refractivity contribution in [2.24, 2.45) is 0 Å². The number of hydrogen-bond donors (Lipinski definition) is 1. The van der Waals surface area contributed by atoms with Gasteiger partial charge in [-0.2, -0.15) is 5.26 Å². The van der Waals surface area contributed by atoms with Gasteiger partial charge in [-0.15, -0.1) is 6.42 Å². The number of carbonyl (C=O) groups excluding carboxylic acids is 1. The van der Waals surface area contributed by atoms with Gasteiger partial charge in [-0.25, -0.2) is 0 Å². The van der Waals surface area contributed by atoms with E-state index in [0.717, 1.165) is 0 Å². The number of nitrogens with zero attached hydrogens (tertiary/aromatic N) is 1. The minimum atomic E-state index is -0.324. The highest BCUT2D eigenvalue weighted by Gasteiger charge is 1.94. The molecule has 0 spiro atoms. The summed E-state index contributed by atoms with van der Waals surface area (Å²) in [6.45, 7) is 0.195. The van der Waals surface area contributed by atoms with Gasteiger partial charge >= 0.3 is 0 Å². The van der Waals surface area contributed by atoms with Crippen molar-refractivity contribution in [2.45, 2.75) is 6.42 Å². The van der Waals surface area contributed by atoms with E-state index in [2.05, 4.69) is 11.2 Å². The summed E-state index contributed by atoms with van der Waals surface area (Å²) in [5.41, 5.74) is 0. The van der Waals surface area contributed by atoms with Crippen LogP contribution >= 0.6 is 0 Å². The molecule has 0 aromatic rings. The Morgan fingerprint density at radius 2 is 2.44 bits per heavy atom. The average molecular weight is 122 g/mol. The van der Waals surface area contributed by atoms with Gasteiger partial charge in [0.1, 0.15) is 6.42 Å². The summed E-state index contributed by atoms with van der Waals surface area (Å²) in [7, 11) is 0. The number of amides is 1. The zero-order valence-electron chi connectivity index (χ0n) is 4.85. The van der Waals surface area contributed by atoms with Crippen molar-refractivity contribution in [1.82, 2.24) is 5.32 Å². The lowest BCUT2D eigenvalue weighted by Gasteiger charge is -1.92. The molecule has 1 N–H and O–H groups in total. The number of terminal acetylenes is 1. The molecule has 46 valence electrons. The van der Waals surface area contributed by atoms with Crippen molar-refractivity contribution in [3.05, 3.63) is 0 Å². The quantitative estimate of drug-likeness (QED) is 0.509. The summed E-state index contributed by atoms with van der Waals surface area (Å²) in [4.78, 5) is 10.4. The summed E-state index contributed by atoms with van der Waals surface area (Å²) in [6.07, 6.45) is 4.70. The van der Waals surface area contributed by atoms with Crippen molar-refractivity contribution < 1.29 is 4.79 Å². The fourth-order valence-corrected chi connectivity index (χ4v) is 0.284. The van der Waals surface area contributed by atoms with Crippen LogP contribution in [0.2, 0.25) is 0 Å². The van der Waals surface area contributed by atoms with Gasteiger partial charge < -0.3 is 5.32 Å². The Kier molecular flexibility index (Phi) is 3.90.